The number of methoxy groups -OCH3 is 1. The highest BCUT2D eigenvalue weighted by Crippen LogP contribution is 2.18. The van der Waals surface area contributed by atoms with E-state index in [0.29, 0.717) is 32.5 Å². The second-order valence-corrected chi connectivity index (χ2v) is 6.88. The molecule has 7 nitrogen and oxygen atoms in total. The van der Waals surface area contributed by atoms with Crippen LogP contribution in [0, 0.1) is 11.7 Å². The molecule has 1 aromatic rings. The van der Waals surface area contributed by atoms with Gasteiger partial charge in [0.2, 0.25) is 11.8 Å². The summed E-state index contributed by atoms with van der Waals surface area (Å²) in [5, 5.41) is 2.75. The zero-order chi connectivity index (χ0) is 20.5. The first-order valence-corrected chi connectivity index (χ1v) is 9.52. The summed E-state index contributed by atoms with van der Waals surface area (Å²) in [6.45, 7) is 4.06. The molecule has 0 radical (unpaired) electrons. The van der Waals surface area contributed by atoms with Gasteiger partial charge in [-0.05, 0) is 50.6 Å². The number of likely N-dealkylation sites (tertiary alicyclic amines) is 1. The lowest BCUT2D eigenvalue weighted by atomic mass is 9.97. The molecule has 0 unspecified atom stereocenters. The van der Waals surface area contributed by atoms with Crippen molar-refractivity contribution in [2.24, 2.45) is 5.92 Å². The number of halogens is 1. The monoisotopic (exact) mass is 393 g/mol. The summed E-state index contributed by atoms with van der Waals surface area (Å²) in [6, 6.07) is 5.89. The third-order valence-electron chi connectivity index (χ3n) is 4.95. The summed E-state index contributed by atoms with van der Waals surface area (Å²) in [4.78, 5) is 39.8. The summed E-state index contributed by atoms with van der Waals surface area (Å²) in [6.07, 6.45) is 1.34. The number of carbonyl (C=O) groups is 3. The second kappa shape index (κ2) is 10.8. The average Bonchev–Trinajstić information content (AvgIpc) is 2.71. The van der Waals surface area contributed by atoms with Gasteiger partial charge in [0.25, 0.3) is 0 Å². The first-order chi connectivity index (χ1) is 13.4. The van der Waals surface area contributed by atoms with Gasteiger partial charge in [-0.15, -0.1) is 0 Å². The molecule has 1 aromatic carbocycles. The maximum absolute atomic E-state index is 12.9. The lowest BCUT2D eigenvalue weighted by Crippen LogP contribution is -2.47. The van der Waals surface area contributed by atoms with Crippen LogP contribution in [-0.2, 0) is 25.7 Å². The van der Waals surface area contributed by atoms with Gasteiger partial charge in [0.1, 0.15) is 5.82 Å². The van der Waals surface area contributed by atoms with Crippen molar-refractivity contribution in [2.45, 2.75) is 26.3 Å². The van der Waals surface area contributed by atoms with Crippen LogP contribution in [0.25, 0.3) is 0 Å². The SMILES string of the molecule is CCN(CC(=O)NCc1ccc(F)cc1)C(=O)CN1CCC(C(=O)OC)CC1. The molecular formula is C20H28FN3O4. The van der Waals surface area contributed by atoms with E-state index >= 15 is 0 Å². The molecule has 2 amide bonds. The van der Waals surface area contributed by atoms with Crippen molar-refractivity contribution in [2.75, 3.05) is 39.8 Å². The van der Waals surface area contributed by atoms with Gasteiger partial charge >= 0.3 is 5.97 Å². The molecule has 0 saturated carbocycles. The Hall–Kier alpha value is -2.48. The van der Waals surface area contributed by atoms with Crippen molar-refractivity contribution in [1.29, 1.82) is 0 Å². The third-order valence-corrected chi connectivity index (χ3v) is 4.95. The minimum absolute atomic E-state index is 0.0187. The number of amides is 2. The molecule has 0 aromatic heterocycles. The number of likely N-dealkylation sites (N-methyl/N-ethyl adjacent to an activating group) is 1. The molecule has 28 heavy (non-hydrogen) atoms. The van der Waals surface area contributed by atoms with Crippen LogP contribution in [0.4, 0.5) is 4.39 Å². The zero-order valence-corrected chi connectivity index (χ0v) is 16.4. The number of esters is 1. The number of rotatable bonds is 8. The number of nitrogens with one attached hydrogen (secondary N) is 1. The number of piperidine rings is 1. The molecule has 1 aliphatic rings. The first-order valence-electron chi connectivity index (χ1n) is 9.52. The Morgan fingerprint density at radius 3 is 2.43 bits per heavy atom. The van der Waals surface area contributed by atoms with Crippen LogP contribution < -0.4 is 5.32 Å². The summed E-state index contributed by atoms with van der Waals surface area (Å²) in [5.74, 6) is -0.997. The van der Waals surface area contributed by atoms with Gasteiger partial charge in [-0.1, -0.05) is 12.1 Å². The first kappa shape index (κ1) is 21.8. The molecule has 0 atom stereocenters. The van der Waals surface area contributed by atoms with Crippen LogP contribution in [0.1, 0.15) is 25.3 Å². The predicted molar refractivity (Wildman–Crippen MR) is 102 cm³/mol. The Kier molecular flexibility index (Phi) is 8.38. The molecule has 154 valence electrons. The highest BCUT2D eigenvalue weighted by atomic mass is 19.1. The lowest BCUT2D eigenvalue weighted by molar-refractivity contribution is -0.147. The molecule has 1 saturated heterocycles. The van der Waals surface area contributed by atoms with Crippen molar-refractivity contribution in [3.63, 3.8) is 0 Å². The lowest BCUT2D eigenvalue weighted by Gasteiger charge is -2.31. The minimum atomic E-state index is -0.326. The molecule has 1 N–H and O–H groups in total. The number of ether oxygens (including phenoxy) is 1. The summed E-state index contributed by atoms with van der Waals surface area (Å²) in [5.41, 5.74) is 0.789. The summed E-state index contributed by atoms with van der Waals surface area (Å²) >= 11 is 0. The van der Waals surface area contributed by atoms with E-state index in [1.807, 2.05) is 11.8 Å². The molecule has 2 rings (SSSR count). The Morgan fingerprint density at radius 1 is 1.21 bits per heavy atom. The van der Waals surface area contributed by atoms with E-state index in [0.717, 1.165) is 5.56 Å². The zero-order valence-electron chi connectivity index (χ0n) is 16.4. The van der Waals surface area contributed by atoms with Gasteiger partial charge in [0.15, 0.2) is 0 Å². The van der Waals surface area contributed by atoms with Gasteiger partial charge in [-0.3, -0.25) is 19.3 Å². The van der Waals surface area contributed by atoms with E-state index in [-0.39, 0.29) is 49.2 Å². The topological polar surface area (TPSA) is 79.0 Å². The number of benzene rings is 1. The standard InChI is InChI=1S/C20H28FN3O4/c1-3-24(13-18(25)22-12-15-4-6-17(21)7-5-15)19(26)14-23-10-8-16(9-11-23)20(27)28-2/h4-7,16H,3,8-14H2,1-2H3,(H,22,25). The van der Waals surface area contributed by atoms with E-state index < -0.39 is 0 Å². The Bertz CT molecular complexity index is 673. The molecule has 0 spiro atoms. The average molecular weight is 393 g/mol. The van der Waals surface area contributed by atoms with Gasteiger partial charge in [0.05, 0.1) is 26.1 Å². The molecule has 1 fully saturated rings. The number of carbonyl (C=O) groups excluding carboxylic acids is 3. The highest BCUT2D eigenvalue weighted by Gasteiger charge is 2.27. The van der Waals surface area contributed by atoms with Crippen LogP contribution in [0.15, 0.2) is 24.3 Å². The van der Waals surface area contributed by atoms with Gasteiger partial charge in [-0.2, -0.15) is 0 Å². The Morgan fingerprint density at radius 2 is 1.86 bits per heavy atom. The van der Waals surface area contributed by atoms with Gasteiger partial charge in [-0.25, -0.2) is 4.39 Å². The normalized spacial score (nSPS) is 15.1. The minimum Gasteiger partial charge on any atom is -0.469 e. The second-order valence-electron chi connectivity index (χ2n) is 6.88. The van der Waals surface area contributed by atoms with Crippen molar-refractivity contribution < 1.29 is 23.5 Å². The van der Waals surface area contributed by atoms with Gasteiger partial charge < -0.3 is 15.0 Å². The molecule has 0 bridgehead atoms. The fraction of sp³-hybridized carbons (Fsp3) is 0.550. The fourth-order valence-electron chi connectivity index (χ4n) is 3.19. The van der Waals surface area contributed by atoms with E-state index in [4.69, 9.17) is 4.74 Å². The van der Waals surface area contributed by atoms with E-state index in [9.17, 15) is 18.8 Å². The Labute approximate surface area is 164 Å². The molecule has 8 heteroatoms. The number of hydrogen-bond acceptors (Lipinski definition) is 5. The van der Waals surface area contributed by atoms with Crippen molar-refractivity contribution in [1.82, 2.24) is 15.1 Å². The number of hydrogen-bond donors (Lipinski definition) is 1. The smallest absolute Gasteiger partial charge is 0.308 e. The maximum atomic E-state index is 12.9. The number of nitrogens with zero attached hydrogens (tertiary/aromatic N) is 2. The molecule has 1 aliphatic heterocycles. The van der Waals surface area contributed by atoms with E-state index in [1.54, 1.807) is 12.1 Å². The van der Waals surface area contributed by atoms with Crippen LogP contribution >= 0.6 is 0 Å². The molecular weight excluding hydrogens is 365 g/mol. The summed E-state index contributed by atoms with van der Waals surface area (Å²) < 4.78 is 17.7. The predicted octanol–water partition coefficient (Wildman–Crippen LogP) is 1.18. The largest absolute Gasteiger partial charge is 0.469 e. The molecule has 0 aliphatic carbocycles. The van der Waals surface area contributed by atoms with Crippen molar-refractivity contribution >= 4 is 17.8 Å². The van der Waals surface area contributed by atoms with Crippen molar-refractivity contribution in [3.05, 3.63) is 35.6 Å². The van der Waals surface area contributed by atoms with Crippen LogP contribution in [0.5, 0.6) is 0 Å². The van der Waals surface area contributed by atoms with Crippen molar-refractivity contribution in [3.8, 4) is 0 Å². The van der Waals surface area contributed by atoms with E-state index in [2.05, 4.69) is 5.32 Å². The molecule has 1 heterocycles. The summed E-state index contributed by atoms with van der Waals surface area (Å²) in [7, 11) is 1.39. The maximum Gasteiger partial charge on any atom is 0.308 e. The van der Waals surface area contributed by atoms with Crippen LogP contribution in [0.3, 0.4) is 0 Å². The quantitative estimate of drug-likeness (QED) is 0.671. The Balaban J connectivity index is 1.75. The van der Waals surface area contributed by atoms with Gasteiger partial charge in [0, 0.05) is 13.1 Å². The fourth-order valence-corrected chi connectivity index (χ4v) is 3.19. The highest BCUT2D eigenvalue weighted by molar-refractivity contribution is 5.85. The third kappa shape index (κ3) is 6.60. The van der Waals surface area contributed by atoms with E-state index in [1.165, 1.54) is 24.1 Å². The van der Waals surface area contributed by atoms with Crippen LogP contribution in [-0.4, -0.2) is 67.4 Å². The van der Waals surface area contributed by atoms with Crippen LogP contribution in [0.2, 0.25) is 0 Å².